The van der Waals surface area contributed by atoms with Crippen LogP contribution < -0.4 is 5.32 Å². The highest BCUT2D eigenvalue weighted by Crippen LogP contribution is 2.40. The fourth-order valence-electron chi connectivity index (χ4n) is 6.40. The highest BCUT2D eigenvalue weighted by molar-refractivity contribution is 6.21. The molecule has 1 unspecified atom stereocenters. The largest absolute Gasteiger partial charge is 0.454 e. The van der Waals surface area contributed by atoms with Crippen LogP contribution in [0.5, 0.6) is 0 Å². The highest BCUT2D eigenvalue weighted by atomic mass is 16.3. The molecule has 208 valence electrons. The van der Waals surface area contributed by atoms with Crippen molar-refractivity contribution in [1.82, 2.24) is 9.88 Å². The SMILES string of the molecule is c1ccc(C2=NC(n3c4ccccc4c4ccc5c6ccccc6oc5c43)NC(c3ccc(-c4ccccc4)cc3)=N2)cc1. The van der Waals surface area contributed by atoms with Crippen LogP contribution in [0.3, 0.4) is 0 Å². The normalized spacial score (nSPS) is 15.0. The molecule has 0 radical (unpaired) electrons. The van der Waals surface area contributed by atoms with Crippen LogP contribution in [0, 0.1) is 0 Å². The fourth-order valence-corrected chi connectivity index (χ4v) is 6.40. The minimum Gasteiger partial charge on any atom is -0.454 e. The van der Waals surface area contributed by atoms with Crippen LogP contribution in [0.25, 0.3) is 54.9 Å². The second kappa shape index (κ2) is 9.82. The van der Waals surface area contributed by atoms with Crippen LogP contribution in [-0.4, -0.2) is 16.2 Å². The number of aliphatic imine (C=N–C) groups is 2. The maximum absolute atomic E-state index is 6.58. The van der Waals surface area contributed by atoms with Crippen molar-refractivity contribution in [3.05, 3.63) is 157 Å². The van der Waals surface area contributed by atoms with Gasteiger partial charge in [0.1, 0.15) is 11.4 Å². The second-order valence-electron chi connectivity index (χ2n) is 11.1. The summed E-state index contributed by atoms with van der Waals surface area (Å²) < 4.78 is 8.85. The van der Waals surface area contributed by atoms with Crippen LogP contribution in [0.4, 0.5) is 0 Å². The van der Waals surface area contributed by atoms with Gasteiger partial charge in [-0.05, 0) is 29.3 Å². The van der Waals surface area contributed by atoms with E-state index in [1.807, 2.05) is 36.4 Å². The zero-order chi connectivity index (χ0) is 29.0. The average Bonchev–Trinajstić information content (AvgIpc) is 3.65. The smallest absolute Gasteiger partial charge is 0.204 e. The number of hydrogen-bond donors (Lipinski definition) is 1. The third-order valence-corrected chi connectivity index (χ3v) is 8.49. The van der Waals surface area contributed by atoms with Crippen LogP contribution in [0.15, 0.2) is 160 Å². The standard InChI is InChI=1S/C39H26N4O/c1-3-11-25(12-4-1)26-19-21-28(22-20-26)38-40-37(27-13-5-2-6-14-27)41-39(42-38)43-33-17-9-7-15-29(33)31-23-24-32-30-16-8-10-18-34(30)44-36(32)35(31)43/h1-24,39H,(H,40,41,42). The van der Waals surface area contributed by atoms with E-state index in [2.05, 4.69) is 119 Å². The molecule has 3 heterocycles. The summed E-state index contributed by atoms with van der Waals surface area (Å²) in [6.07, 6.45) is -0.465. The number of amidine groups is 2. The first kappa shape index (κ1) is 24.6. The molecule has 44 heavy (non-hydrogen) atoms. The van der Waals surface area contributed by atoms with Crippen LogP contribution in [0.2, 0.25) is 0 Å². The molecule has 1 atom stereocenters. The summed E-state index contributed by atoms with van der Waals surface area (Å²) >= 11 is 0. The van der Waals surface area contributed by atoms with E-state index in [0.717, 1.165) is 66.3 Å². The number of hydrogen-bond acceptors (Lipinski definition) is 4. The Labute approximate surface area is 253 Å². The molecule has 1 aliphatic heterocycles. The van der Waals surface area contributed by atoms with Crippen molar-refractivity contribution in [3.8, 4) is 11.1 Å². The molecule has 6 aromatic carbocycles. The van der Waals surface area contributed by atoms with Crippen LogP contribution >= 0.6 is 0 Å². The lowest BCUT2D eigenvalue weighted by Crippen LogP contribution is -2.36. The minimum atomic E-state index is -0.465. The lowest BCUT2D eigenvalue weighted by Gasteiger charge is -2.26. The summed E-state index contributed by atoms with van der Waals surface area (Å²) in [5.74, 6) is 1.45. The van der Waals surface area contributed by atoms with Gasteiger partial charge in [-0.3, -0.25) is 4.57 Å². The zero-order valence-electron chi connectivity index (χ0n) is 23.7. The molecule has 0 fully saturated rings. The number of rotatable bonds is 4. The van der Waals surface area contributed by atoms with Crippen molar-refractivity contribution >= 4 is 55.4 Å². The molecule has 0 bridgehead atoms. The summed E-state index contributed by atoms with van der Waals surface area (Å²) in [5, 5.41) is 8.17. The highest BCUT2D eigenvalue weighted by Gasteiger charge is 2.26. The molecule has 0 spiro atoms. The number of fused-ring (bicyclic) bond motifs is 7. The molecular formula is C39H26N4O. The van der Waals surface area contributed by atoms with Crippen molar-refractivity contribution in [1.29, 1.82) is 0 Å². The van der Waals surface area contributed by atoms with E-state index in [4.69, 9.17) is 14.4 Å². The molecule has 1 N–H and O–H groups in total. The Morgan fingerprint density at radius 2 is 1.14 bits per heavy atom. The van der Waals surface area contributed by atoms with Crippen molar-refractivity contribution in [2.24, 2.45) is 9.98 Å². The average molecular weight is 567 g/mol. The Hall–Kier alpha value is -5.94. The van der Waals surface area contributed by atoms with Gasteiger partial charge in [0, 0.05) is 32.7 Å². The number of nitrogens with one attached hydrogen (secondary N) is 1. The molecule has 2 aromatic heterocycles. The molecular weight excluding hydrogens is 540 g/mol. The first-order valence-electron chi connectivity index (χ1n) is 14.8. The molecule has 0 aliphatic carbocycles. The summed E-state index contributed by atoms with van der Waals surface area (Å²) in [4.78, 5) is 10.3. The lowest BCUT2D eigenvalue weighted by atomic mass is 10.0. The summed E-state index contributed by atoms with van der Waals surface area (Å²) in [5.41, 5.74) is 8.11. The Kier molecular flexibility index (Phi) is 5.50. The molecule has 1 aliphatic rings. The third kappa shape index (κ3) is 3.87. The molecule has 5 nitrogen and oxygen atoms in total. The number of para-hydroxylation sites is 2. The van der Waals surface area contributed by atoms with Crippen molar-refractivity contribution in [3.63, 3.8) is 0 Å². The maximum atomic E-state index is 6.58. The van der Waals surface area contributed by atoms with Gasteiger partial charge in [0.2, 0.25) is 6.29 Å². The number of furan rings is 1. The van der Waals surface area contributed by atoms with Crippen molar-refractivity contribution in [2.75, 3.05) is 0 Å². The van der Waals surface area contributed by atoms with Gasteiger partial charge in [0.05, 0.1) is 11.0 Å². The van der Waals surface area contributed by atoms with Crippen molar-refractivity contribution in [2.45, 2.75) is 6.29 Å². The molecule has 9 rings (SSSR count). The Morgan fingerprint density at radius 3 is 1.93 bits per heavy atom. The molecule has 0 amide bonds. The van der Waals surface area contributed by atoms with Gasteiger partial charge in [-0.25, -0.2) is 9.98 Å². The van der Waals surface area contributed by atoms with Gasteiger partial charge < -0.3 is 9.73 Å². The Bertz CT molecular complexity index is 2400. The number of nitrogens with zero attached hydrogens (tertiary/aromatic N) is 3. The molecule has 0 saturated heterocycles. The van der Waals surface area contributed by atoms with E-state index in [0.29, 0.717) is 5.84 Å². The second-order valence-corrected chi connectivity index (χ2v) is 11.1. The quantitative estimate of drug-likeness (QED) is 0.231. The molecule has 5 heteroatoms. The minimum absolute atomic E-state index is 0.465. The van der Waals surface area contributed by atoms with Crippen LogP contribution in [0.1, 0.15) is 17.4 Å². The van der Waals surface area contributed by atoms with E-state index in [1.165, 1.54) is 5.56 Å². The molecule has 8 aromatic rings. The zero-order valence-corrected chi connectivity index (χ0v) is 23.7. The monoisotopic (exact) mass is 566 g/mol. The Balaban J connectivity index is 1.26. The molecule has 0 saturated carbocycles. The van der Waals surface area contributed by atoms with Gasteiger partial charge in [0.15, 0.2) is 11.4 Å². The lowest BCUT2D eigenvalue weighted by molar-refractivity contribution is 0.514. The van der Waals surface area contributed by atoms with Gasteiger partial charge in [-0.15, -0.1) is 0 Å². The van der Waals surface area contributed by atoms with Crippen LogP contribution in [-0.2, 0) is 0 Å². The maximum Gasteiger partial charge on any atom is 0.204 e. The van der Waals surface area contributed by atoms with Gasteiger partial charge in [0.25, 0.3) is 0 Å². The first-order valence-corrected chi connectivity index (χ1v) is 14.8. The van der Waals surface area contributed by atoms with E-state index in [9.17, 15) is 0 Å². The van der Waals surface area contributed by atoms with E-state index in [1.54, 1.807) is 0 Å². The topological polar surface area (TPSA) is 54.8 Å². The fraction of sp³-hybridized carbons (Fsp3) is 0.0256. The number of benzene rings is 6. The summed E-state index contributed by atoms with van der Waals surface area (Å²) in [7, 11) is 0. The predicted molar refractivity (Wildman–Crippen MR) is 180 cm³/mol. The van der Waals surface area contributed by atoms with E-state index < -0.39 is 6.29 Å². The summed E-state index contributed by atoms with van der Waals surface area (Å²) in [6.45, 7) is 0. The van der Waals surface area contributed by atoms with E-state index >= 15 is 0 Å². The third-order valence-electron chi connectivity index (χ3n) is 8.49. The van der Waals surface area contributed by atoms with Gasteiger partial charge in [-0.2, -0.15) is 0 Å². The Morgan fingerprint density at radius 1 is 0.523 bits per heavy atom. The number of aromatic nitrogens is 1. The van der Waals surface area contributed by atoms with Crippen molar-refractivity contribution < 1.29 is 4.42 Å². The first-order chi connectivity index (χ1) is 21.8. The predicted octanol–water partition coefficient (Wildman–Crippen LogP) is 9.31. The van der Waals surface area contributed by atoms with E-state index in [-0.39, 0.29) is 0 Å². The van der Waals surface area contributed by atoms with Gasteiger partial charge in [-0.1, -0.05) is 127 Å². The van der Waals surface area contributed by atoms with Gasteiger partial charge >= 0.3 is 0 Å². The summed E-state index contributed by atoms with van der Waals surface area (Å²) in [6, 6.07) is 50.3.